The van der Waals surface area contributed by atoms with Crippen LogP contribution in [0.15, 0.2) is 46.9 Å². The molecule has 0 unspecified atom stereocenters. The summed E-state index contributed by atoms with van der Waals surface area (Å²) in [7, 11) is 0. The molecule has 5 nitrogen and oxygen atoms in total. The largest absolute Gasteiger partial charge is 0.449 e. The third-order valence-corrected chi connectivity index (χ3v) is 4.77. The van der Waals surface area contributed by atoms with E-state index >= 15 is 0 Å². The number of oxazole rings is 1. The molecule has 0 saturated heterocycles. The maximum Gasteiger partial charge on any atom is 0.361 e. The summed E-state index contributed by atoms with van der Waals surface area (Å²) in [5.74, 6) is -0.218. The van der Waals surface area contributed by atoms with Gasteiger partial charge in [0, 0.05) is 11.1 Å². The summed E-state index contributed by atoms with van der Waals surface area (Å²) in [5.41, 5.74) is 4.40. The molecule has 3 rings (SSSR count). The van der Waals surface area contributed by atoms with Gasteiger partial charge in [0.05, 0.1) is 0 Å². The number of esters is 1. The molecule has 0 fully saturated rings. The summed E-state index contributed by atoms with van der Waals surface area (Å²) in [6.45, 7) is 9.05. The van der Waals surface area contributed by atoms with Crippen LogP contribution in [0.2, 0.25) is 0 Å². The SMILES string of the molecule is Cc1cc(C)c(C(=O)[C@@H](C)OC(=O)c2nc(-c3ccccc3)oc2C)cc1C. The standard InChI is InChI=1S/C23H23NO4/c1-13-11-15(3)19(12-14(13)2)21(25)17(5)28-23(26)20-16(4)27-22(24-20)18-9-7-6-8-10-18/h6-12,17H,1-5H3/t17-/m1/s1. The number of hydrogen-bond donors (Lipinski definition) is 0. The highest BCUT2D eigenvalue weighted by atomic mass is 16.5. The first-order valence-electron chi connectivity index (χ1n) is 9.13. The van der Waals surface area contributed by atoms with Crippen molar-refractivity contribution in [2.45, 2.75) is 40.7 Å². The number of benzene rings is 2. The highest BCUT2D eigenvalue weighted by molar-refractivity contribution is 6.02. The Morgan fingerprint density at radius 3 is 2.29 bits per heavy atom. The molecule has 3 aromatic rings. The molecule has 1 aromatic heterocycles. The first-order valence-corrected chi connectivity index (χ1v) is 9.13. The lowest BCUT2D eigenvalue weighted by atomic mass is 9.96. The van der Waals surface area contributed by atoms with Crippen molar-refractivity contribution in [2.75, 3.05) is 0 Å². The Bertz CT molecular complexity index is 1030. The second kappa shape index (κ2) is 7.80. The zero-order valence-electron chi connectivity index (χ0n) is 16.7. The molecule has 0 radical (unpaired) electrons. The molecule has 0 aliphatic rings. The van der Waals surface area contributed by atoms with Gasteiger partial charge in [0.25, 0.3) is 0 Å². The fraction of sp³-hybridized carbons (Fsp3) is 0.261. The average molecular weight is 377 g/mol. The molecular weight excluding hydrogens is 354 g/mol. The van der Waals surface area contributed by atoms with Crippen molar-refractivity contribution in [1.29, 1.82) is 0 Å². The molecule has 0 spiro atoms. The smallest absolute Gasteiger partial charge is 0.361 e. The number of Topliss-reactive ketones (excluding diaryl/α,β-unsaturated/α-hetero) is 1. The van der Waals surface area contributed by atoms with Gasteiger partial charge in [0.2, 0.25) is 11.7 Å². The van der Waals surface area contributed by atoms with Crippen molar-refractivity contribution in [3.05, 3.63) is 76.2 Å². The number of rotatable bonds is 5. The maximum atomic E-state index is 12.8. The molecule has 0 aliphatic heterocycles. The highest BCUT2D eigenvalue weighted by Crippen LogP contribution is 2.23. The number of aryl methyl sites for hydroxylation is 4. The first-order chi connectivity index (χ1) is 13.3. The van der Waals surface area contributed by atoms with Gasteiger partial charge in [-0.3, -0.25) is 4.79 Å². The van der Waals surface area contributed by atoms with E-state index in [4.69, 9.17) is 9.15 Å². The van der Waals surface area contributed by atoms with Gasteiger partial charge in [0.1, 0.15) is 5.76 Å². The molecule has 0 N–H and O–H groups in total. The van der Waals surface area contributed by atoms with Gasteiger partial charge in [-0.05, 0) is 69.5 Å². The predicted octanol–water partition coefficient (Wildman–Crippen LogP) is 5.00. The molecule has 0 aliphatic carbocycles. The summed E-state index contributed by atoms with van der Waals surface area (Å²) >= 11 is 0. The Hall–Kier alpha value is -3.21. The molecule has 1 atom stereocenters. The first kappa shape index (κ1) is 19.5. The van der Waals surface area contributed by atoms with Crippen LogP contribution in [0.3, 0.4) is 0 Å². The molecule has 28 heavy (non-hydrogen) atoms. The topological polar surface area (TPSA) is 69.4 Å². The maximum absolute atomic E-state index is 12.8. The fourth-order valence-corrected chi connectivity index (χ4v) is 3.00. The van der Waals surface area contributed by atoms with E-state index in [2.05, 4.69) is 4.98 Å². The van der Waals surface area contributed by atoms with Gasteiger partial charge in [-0.1, -0.05) is 24.3 Å². The zero-order valence-corrected chi connectivity index (χ0v) is 16.7. The Morgan fingerprint density at radius 1 is 0.964 bits per heavy atom. The normalized spacial score (nSPS) is 11.9. The van der Waals surface area contributed by atoms with Gasteiger partial charge >= 0.3 is 5.97 Å². The van der Waals surface area contributed by atoms with Gasteiger partial charge in [0.15, 0.2) is 11.8 Å². The van der Waals surface area contributed by atoms with Gasteiger partial charge in [-0.15, -0.1) is 0 Å². The number of carbonyl (C=O) groups excluding carboxylic acids is 2. The van der Waals surface area contributed by atoms with Gasteiger partial charge in [-0.25, -0.2) is 9.78 Å². The van der Waals surface area contributed by atoms with Crippen LogP contribution in [-0.4, -0.2) is 22.8 Å². The lowest BCUT2D eigenvalue weighted by Gasteiger charge is -2.14. The van der Waals surface area contributed by atoms with E-state index in [1.54, 1.807) is 13.8 Å². The van der Waals surface area contributed by atoms with Gasteiger partial charge in [-0.2, -0.15) is 0 Å². The van der Waals surface area contributed by atoms with Crippen LogP contribution in [0.1, 0.15) is 50.2 Å². The second-order valence-electron chi connectivity index (χ2n) is 6.95. The van der Waals surface area contributed by atoms with Crippen molar-refractivity contribution in [3.63, 3.8) is 0 Å². The fourth-order valence-electron chi connectivity index (χ4n) is 3.00. The van der Waals surface area contributed by atoms with Crippen LogP contribution < -0.4 is 0 Å². The number of ketones is 1. The highest BCUT2D eigenvalue weighted by Gasteiger charge is 2.26. The second-order valence-corrected chi connectivity index (χ2v) is 6.95. The third kappa shape index (κ3) is 3.88. The van der Waals surface area contributed by atoms with Gasteiger partial charge < -0.3 is 9.15 Å². The molecule has 0 amide bonds. The van der Waals surface area contributed by atoms with E-state index in [1.807, 2.05) is 63.2 Å². The van der Waals surface area contributed by atoms with Crippen LogP contribution in [0, 0.1) is 27.7 Å². The summed E-state index contributed by atoms with van der Waals surface area (Å²) in [6, 6.07) is 13.1. The Balaban J connectivity index is 1.79. The number of nitrogens with zero attached hydrogens (tertiary/aromatic N) is 1. The van der Waals surface area contributed by atoms with Crippen molar-refractivity contribution in [1.82, 2.24) is 4.98 Å². The number of hydrogen-bond acceptors (Lipinski definition) is 5. The van der Waals surface area contributed by atoms with E-state index in [0.29, 0.717) is 17.2 Å². The minimum absolute atomic E-state index is 0.0790. The Morgan fingerprint density at radius 2 is 1.61 bits per heavy atom. The van der Waals surface area contributed by atoms with Crippen LogP contribution >= 0.6 is 0 Å². The van der Waals surface area contributed by atoms with Crippen LogP contribution in [0.5, 0.6) is 0 Å². The predicted molar refractivity (Wildman–Crippen MR) is 107 cm³/mol. The molecule has 0 saturated carbocycles. The van der Waals surface area contributed by atoms with Crippen LogP contribution in [-0.2, 0) is 4.74 Å². The number of ether oxygens (including phenoxy) is 1. The van der Waals surface area contributed by atoms with Crippen molar-refractivity contribution in [2.24, 2.45) is 0 Å². The van der Waals surface area contributed by atoms with Crippen LogP contribution in [0.4, 0.5) is 0 Å². The van der Waals surface area contributed by atoms with E-state index in [-0.39, 0.29) is 11.5 Å². The lowest BCUT2D eigenvalue weighted by Crippen LogP contribution is -2.25. The van der Waals surface area contributed by atoms with Crippen molar-refractivity contribution < 1.29 is 18.7 Å². The van der Waals surface area contributed by atoms with E-state index < -0.39 is 12.1 Å². The zero-order chi connectivity index (χ0) is 20.4. The molecule has 2 aromatic carbocycles. The molecule has 144 valence electrons. The molecule has 0 bridgehead atoms. The lowest BCUT2D eigenvalue weighted by molar-refractivity contribution is 0.0311. The summed E-state index contributed by atoms with van der Waals surface area (Å²) in [5, 5.41) is 0. The Kier molecular flexibility index (Phi) is 5.45. The van der Waals surface area contributed by atoms with E-state index in [9.17, 15) is 9.59 Å². The number of aromatic nitrogens is 1. The quantitative estimate of drug-likeness (QED) is 0.462. The number of carbonyl (C=O) groups is 2. The molecule has 5 heteroatoms. The Labute approximate surface area is 164 Å². The van der Waals surface area contributed by atoms with E-state index in [1.165, 1.54) is 0 Å². The summed E-state index contributed by atoms with van der Waals surface area (Å²) < 4.78 is 11.0. The average Bonchev–Trinajstić information content (AvgIpc) is 3.06. The van der Waals surface area contributed by atoms with Crippen molar-refractivity contribution >= 4 is 11.8 Å². The third-order valence-electron chi connectivity index (χ3n) is 4.77. The molecular formula is C23H23NO4. The van der Waals surface area contributed by atoms with Crippen LogP contribution in [0.25, 0.3) is 11.5 Å². The van der Waals surface area contributed by atoms with E-state index in [0.717, 1.165) is 22.3 Å². The molecule has 1 heterocycles. The monoisotopic (exact) mass is 377 g/mol. The minimum atomic E-state index is -0.926. The minimum Gasteiger partial charge on any atom is -0.449 e. The van der Waals surface area contributed by atoms with Crippen molar-refractivity contribution in [3.8, 4) is 11.5 Å². The summed E-state index contributed by atoms with van der Waals surface area (Å²) in [6.07, 6.45) is -0.926. The summed E-state index contributed by atoms with van der Waals surface area (Å²) in [4.78, 5) is 29.6.